The molecule has 2 aromatic carbocycles. The van der Waals surface area contributed by atoms with Gasteiger partial charge < -0.3 is 9.80 Å². The molecule has 1 fully saturated rings. The molecular formula is C21H17Cl2FN4O2. The molecule has 0 radical (unpaired) electrons. The second-order valence-corrected chi connectivity index (χ2v) is 7.58. The number of nitrogens with zero attached hydrogens (tertiary/aromatic N) is 4. The van der Waals surface area contributed by atoms with Gasteiger partial charge in [-0.1, -0.05) is 41.4 Å². The summed E-state index contributed by atoms with van der Waals surface area (Å²) in [6.45, 7) is 1.76. The predicted molar refractivity (Wildman–Crippen MR) is 114 cm³/mol. The van der Waals surface area contributed by atoms with Crippen LogP contribution in [-0.4, -0.2) is 46.8 Å². The first-order valence-corrected chi connectivity index (χ1v) is 10.0. The zero-order valence-corrected chi connectivity index (χ0v) is 17.3. The molecule has 0 spiro atoms. The van der Waals surface area contributed by atoms with Gasteiger partial charge in [-0.2, -0.15) is 9.78 Å². The maximum atomic E-state index is 13.2. The third-order valence-electron chi connectivity index (χ3n) is 4.97. The molecular weight excluding hydrogens is 430 g/mol. The molecule has 0 unspecified atom stereocenters. The van der Waals surface area contributed by atoms with E-state index in [4.69, 9.17) is 23.2 Å². The van der Waals surface area contributed by atoms with Gasteiger partial charge in [-0.3, -0.25) is 9.59 Å². The van der Waals surface area contributed by atoms with Crippen LogP contribution in [0.3, 0.4) is 0 Å². The Labute approximate surface area is 182 Å². The van der Waals surface area contributed by atoms with Gasteiger partial charge in [-0.15, -0.1) is 0 Å². The lowest BCUT2D eigenvalue weighted by molar-refractivity contribution is 0.0747. The Hall–Kier alpha value is -2.90. The molecule has 0 saturated carbocycles. The van der Waals surface area contributed by atoms with Crippen LogP contribution in [0.2, 0.25) is 10.0 Å². The zero-order valence-electron chi connectivity index (χ0n) is 15.8. The monoisotopic (exact) mass is 446 g/mol. The summed E-state index contributed by atoms with van der Waals surface area (Å²) in [6.07, 6.45) is 1.56. The van der Waals surface area contributed by atoms with Gasteiger partial charge in [0, 0.05) is 26.2 Å². The highest BCUT2D eigenvalue weighted by molar-refractivity contribution is 6.34. The third-order valence-corrected chi connectivity index (χ3v) is 5.64. The van der Waals surface area contributed by atoms with Crippen LogP contribution in [0.1, 0.15) is 10.4 Å². The van der Waals surface area contributed by atoms with Crippen molar-refractivity contribution in [3.8, 4) is 5.69 Å². The van der Waals surface area contributed by atoms with E-state index in [-0.39, 0.29) is 21.5 Å². The maximum absolute atomic E-state index is 13.2. The van der Waals surface area contributed by atoms with Gasteiger partial charge in [0.15, 0.2) is 0 Å². The van der Waals surface area contributed by atoms with E-state index in [2.05, 4.69) is 5.10 Å². The number of hydrogen-bond acceptors (Lipinski definition) is 4. The van der Waals surface area contributed by atoms with E-state index in [0.29, 0.717) is 37.6 Å². The SMILES string of the molecule is O=C(c1ccc(F)cc1Cl)N1CCN(c2cnn(-c3ccccc3)c(=O)c2Cl)CC1. The van der Waals surface area contributed by atoms with E-state index < -0.39 is 11.4 Å². The van der Waals surface area contributed by atoms with Gasteiger partial charge in [-0.25, -0.2) is 4.39 Å². The molecule has 0 atom stereocenters. The normalized spacial score (nSPS) is 14.1. The molecule has 0 bridgehead atoms. The Morgan fingerprint density at radius 3 is 2.37 bits per heavy atom. The predicted octanol–water partition coefficient (Wildman–Crippen LogP) is 3.64. The van der Waals surface area contributed by atoms with Gasteiger partial charge in [0.2, 0.25) is 0 Å². The first kappa shape index (κ1) is 20.4. The van der Waals surface area contributed by atoms with Crippen molar-refractivity contribution >= 4 is 34.8 Å². The molecule has 1 aliphatic heterocycles. The number of rotatable bonds is 3. The Kier molecular flexibility index (Phi) is 5.74. The zero-order chi connectivity index (χ0) is 21.3. The first-order chi connectivity index (χ1) is 14.5. The average Bonchev–Trinajstić information content (AvgIpc) is 2.76. The lowest BCUT2D eigenvalue weighted by atomic mass is 10.1. The molecule has 6 nitrogen and oxygen atoms in total. The van der Waals surface area contributed by atoms with Crippen molar-refractivity contribution < 1.29 is 9.18 Å². The van der Waals surface area contributed by atoms with Gasteiger partial charge in [0.25, 0.3) is 11.5 Å². The summed E-state index contributed by atoms with van der Waals surface area (Å²) in [6, 6.07) is 12.7. The number of halogens is 3. The highest BCUT2D eigenvalue weighted by Crippen LogP contribution is 2.24. The number of hydrogen-bond donors (Lipinski definition) is 0. The van der Waals surface area contributed by atoms with Gasteiger partial charge >= 0.3 is 0 Å². The summed E-state index contributed by atoms with van der Waals surface area (Å²) in [4.78, 5) is 29.0. The van der Waals surface area contributed by atoms with Crippen LogP contribution in [0.15, 0.2) is 59.5 Å². The summed E-state index contributed by atoms with van der Waals surface area (Å²) in [7, 11) is 0. The van der Waals surface area contributed by atoms with Crippen molar-refractivity contribution in [3.05, 3.63) is 86.5 Å². The fourth-order valence-electron chi connectivity index (χ4n) is 3.38. The summed E-state index contributed by atoms with van der Waals surface area (Å²) in [5.41, 5.74) is 1.01. The second-order valence-electron chi connectivity index (χ2n) is 6.80. The minimum Gasteiger partial charge on any atom is -0.365 e. The largest absolute Gasteiger partial charge is 0.365 e. The standard InChI is InChI=1S/C21H17Cl2FN4O2/c22-17-12-14(24)6-7-16(17)20(29)27-10-8-26(9-11-27)18-13-25-28(21(30)19(18)23)15-4-2-1-3-5-15/h1-7,12-13H,8-11H2. The average molecular weight is 447 g/mol. The van der Waals surface area contributed by atoms with Crippen molar-refractivity contribution in [1.82, 2.24) is 14.7 Å². The summed E-state index contributed by atoms with van der Waals surface area (Å²) < 4.78 is 14.5. The molecule has 0 N–H and O–H groups in total. The van der Waals surface area contributed by atoms with Crippen LogP contribution in [0.25, 0.3) is 5.69 Å². The summed E-state index contributed by atoms with van der Waals surface area (Å²) in [5.74, 6) is -0.753. The second kappa shape index (κ2) is 8.45. The van der Waals surface area contributed by atoms with E-state index in [1.165, 1.54) is 16.8 Å². The van der Waals surface area contributed by atoms with Crippen molar-refractivity contribution in [2.75, 3.05) is 31.1 Å². The molecule has 1 saturated heterocycles. The quantitative estimate of drug-likeness (QED) is 0.616. The highest BCUT2D eigenvalue weighted by atomic mass is 35.5. The Bertz CT molecular complexity index is 1150. The first-order valence-electron chi connectivity index (χ1n) is 9.28. The number of carbonyl (C=O) groups is 1. The van der Waals surface area contributed by atoms with E-state index in [1.54, 1.807) is 23.2 Å². The minimum atomic E-state index is -0.492. The van der Waals surface area contributed by atoms with Crippen LogP contribution in [0, 0.1) is 5.82 Å². The summed E-state index contributed by atoms with van der Waals surface area (Å²) >= 11 is 12.4. The topological polar surface area (TPSA) is 58.4 Å². The molecule has 9 heteroatoms. The molecule has 0 aliphatic carbocycles. The molecule has 154 valence electrons. The number of benzene rings is 2. The molecule has 1 aromatic heterocycles. The highest BCUT2D eigenvalue weighted by Gasteiger charge is 2.26. The number of anilines is 1. The molecule has 1 aliphatic rings. The number of amides is 1. The maximum Gasteiger partial charge on any atom is 0.292 e. The molecule has 4 rings (SSSR count). The Morgan fingerprint density at radius 2 is 1.70 bits per heavy atom. The van der Waals surface area contributed by atoms with Gasteiger partial charge in [-0.05, 0) is 30.3 Å². The number of aromatic nitrogens is 2. The van der Waals surface area contributed by atoms with Crippen LogP contribution < -0.4 is 10.5 Å². The Morgan fingerprint density at radius 1 is 1.00 bits per heavy atom. The molecule has 1 amide bonds. The third kappa shape index (κ3) is 3.91. The number of piperazine rings is 1. The molecule has 30 heavy (non-hydrogen) atoms. The molecule has 3 aromatic rings. The van der Waals surface area contributed by atoms with E-state index in [0.717, 1.165) is 6.07 Å². The van der Waals surface area contributed by atoms with Crippen molar-refractivity contribution in [2.24, 2.45) is 0 Å². The summed E-state index contributed by atoms with van der Waals surface area (Å²) in [5, 5.41) is 4.41. The van der Waals surface area contributed by atoms with Crippen molar-refractivity contribution in [3.63, 3.8) is 0 Å². The number of para-hydroxylation sites is 1. The Balaban J connectivity index is 1.50. The van der Waals surface area contributed by atoms with Crippen LogP contribution in [0.5, 0.6) is 0 Å². The van der Waals surface area contributed by atoms with Gasteiger partial charge in [0.05, 0.1) is 28.2 Å². The lowest BCUT2D eigenvalue weighted by Gasteiger charge is -2.36. The van der Waals surface area contributed by atoms with E-state index >= 15 is 0 Å². The van der Waals surface area contributed by atoms with Crippen molar-refractivity contribution in [2.45, 2.75) is 0 Å². The lowest BCUT2D eigenvalue weighted by Crippen LogP contribution is -2.49. The fraction of sp³-hybridized carbons (Fsp3) is 0.190. The van der Waals surface area contributed by atoms with Gasteiger partial charge in [0.1, 0.15) is 10.8 Å². The fourth-order valence-corrected chi connectivity index (χ4v) is 3.88. The van der Waals surface area contributed by atoms with Crippen LogP contribution in [-0.2, 0) is 0 Å². The van der Waals surface area contributed by atoms with Crippen molar-refractivity contribution in [1.29, 1.82) is 0 Å². The smallest absolute Gasteiger partial charge is 0.292 e. The number of carbonyl (C=O) groups excluding carboxylic acids is 1. The van der Waals surface area contributed by atoms with Crippen LogP contribution in [0.4, 0.5) is 10.1 Å². The van der Waals surface area contributed by atoms with Crippen LogP contribution >= 0.6 is 23.2 Å². The minimum absolute atomic E-state index is 0.0789. The van der Waals surface area contributed by atoms with E-state index in [1.807, 2.05) is 23.1 Å². The molecule has 2 heterocycles. The van der Waals surface area contributed by atoms with E-state index in [9.17, 15) is 14.0 Å².